The molecule has 0 aromatic rings. The third-order valence-corrected chi connectivity index (χ3v) is 3.01. The zero-order valence-electron chi connectivity index (χ0n) is 3.60. The van der Waals surface area contributed by atoms with Gasteiger partial charge in [0.2, 0.25) is 0 Å². The highest BCUT2D eigenvalue weighted by Crippen LogP contribution is 2.36. The van der Waals surface area contributed by atoms with Crippen LogP contribution in [-0.4, -0.2) is 18.1 Å². The van der Waals surface area contributed by atoms with Crippen LogP contribution in [0.25, 0.3) is 0 Å². The van der Waals surface area contributed by atoms with Gasteiger partial charge in [-0.1, -0.05) is 0 Å². The number of hydrogen-bond acceptors (Lipinski definition) is 0. The molecule has 0 fully saturated rings. The largest absolute Gasteiger partial charge is 0.169 e. The van der Waals surface area contributed by atoms with E-state index in [-0.39, 0.29) is 0 Å². The summed E-state index contributed by atoms with van der Waals surface area (Å²) in [6.07, 6.45) is 0. The Labute approximate surface area is 33.6 Å². The van der Waals surface area contributed by atoms with Crippen LogP contribution in [0, 0.1) is 0 Å². The molecule has 1 aliphatic rings. The third kappa shape index (κ3) is 0.516. The first kappa shape index (κ1) is 3.36. The Balaban J connectivity index is 2.38. The minimum atomic E-state index is 0.443. The molecule has 0 saturated carbocycles. The number of rotatable bonds is 0. The first-order chi connectivity index (χ1) is 2.30. The predicted octanol–water partition coefficient (Wildman–Crippen LogP) is 1.30. The van der Waals surface area contributed by atoms with Gasteiger partial charge in [0.05, 0.1) is 6.66 Å². The minimum absolute atomic E-state index is 0.443. The molecule has 0 N–H and O–H groups in total. The molecule has 0 amide bonds. The fourth-order valence-corrected chi connectivity index (χ4v) is 1.31. The smallest absolute Gasteiger partial charge is 0.0138 e. The maximum absolute atomic E-state index is 2.40. The van der Waals surface area contributed by atoms with Crippen molar-refractivity contribution in [3.63, 3.8) is 0 Å². The first-order valence-electron chi connectivity index (χ1n) is 1.87. The Kier molecular flexibility index (Phi) is 0.548. The third-order valence-electron chi connectivity index (χ3n) is 1.00. The average Bonchev–Trinajstić information content (AvgIpc) is 1.79. The molecular formula is C4H8P+. The summed E-state index contributed by atoms with van der Waals surface area (Å²) in [4.78, 5) is 0. The lowest BCUT2D eigenvalue weighted by molar-refractivity contribution is 1.40. The van der Waals surface area contributed by atoms with Gasteiger partial charge in [0.1, 0.15) is 13.3 Å². The average molecular weight is 87.1 g/mol. The lowest BCUT2D eigenvalue weighted by Gasteiger charge is -1.54. The molecule has 1 rings (SSSR count). The lowest BCUT2D eigenvalue weighted by atomic mass is 10.6. The first-order valence-corrected chi connectivity index (χ1v) is 3.80. The Morgan fingerprint density at radius 2 is 2.00 bits per heavy atom. The van der Waals surface area contributed by atoms with E-state index in [4.69, 9.17) is 0 Å². The molecule has 0 bridgehead atoms. The molecule has 28 valence electrons. The van der Waals surface area contributed by atoms with Gasteiger partial charge in [-0.3, -0.25) is 0 Å². The van der Waals surface area contributed by atoms with Gasteiger partial charge in [-0.15, -0.1) is 0 Å². The van der Waals surface area contributed by atoms with Crippen molar-refractivity contribution in [2.75, 3.05) is 6.66 Å². The van der Waals surface area contributed by atoms with Crippen molar-refractivity contribution in [1.82, 2.24) is 0 Å². The highest BCUT2D eigenvalue weighted by atomic mass is 31.1. The van der Waals surface area contributed by atoms with Gasteiger partial charge in [0.15, 0.2) is 5.66 Å². The molecule has 0 aromatic heterocycles. The Bertz CT molecular complexity index is 73.7. The highest BCUT2D eigenvalue weighted by Gasteiger charge is 2.27. The molecule has 5 heavy (non-hydrogen) atoms. The van der Waals surface area contributed by atoms with E-state index in [9.17, 15) is 0 Å². The Morgan fingerprint density at radius 3 is 2.00 bits per heavy atom. The fraction of sp³-hybridized carbons (Fsp3) is 0.750. The summed E-state index contributed by atoms with van der Waals surface area (Å²) in [6, 6.07) is 0. The van der Waals surface area contributed by atoms with E-state index < -0.39 is 0 Å². The van der Waals surface area contributed by atoms with E-state index >= 15 is 0 Å². The van der Waals surface area contributed by atoms with Gasteiger partial charge < -0.3 is 0 Å². The molecule has 1 heteroatoms. The second-order valence-electron chi connectivity index (χ2n) is 1.56. The minimum Gasteiger partial charge on any atom is -0.0138 e. The summed E-state index contributed by atoms with van der Waals surface area (Å²) >= 11 is 0. The molecule has 0 radical (unpaired) electrons. The monoisotopic (exact) mass is 87.0 g/mol. The fourth-order valence-electron chi connectivity index (χ4n) is 0.302. The molecule has 2 unspecified atom stereocenters. The van der Waals surface area contributed by atoms with Crippen LogP contribution in [-0.2, 0) is 0 Å². The van der Waals surface area contributed by atoms with Crippen LogP contribution in [0.15, 0.2) is 0 Å². The van der Waals surface area contributed by atoms with Crippen molar-refractivity contribution < 1.29 is 0 Å². The molecule has 2 atom stereocenters. The van der Waals surface area contributed by atoms with E-state index in [0.29, 0.717) is 7.55 Å². The second kappa shape index (κ2) is 0.815. The summed E-state index contributed by atoms with van der Waals surface area (Å²) < 4.78 is 0. The van der Waals surface area contributed by atoms with E-state index in [0.717, 1.165) is 5.66 Å². The van der Waals surface area contributed by atoms with Crippen LogP contribution >= 0.6 is 7.55 Å². The van der Waals surface area contributed by atoms with Gasteiger partial charge in [-0.05, 0) is 6.92 Å². The van der Waals surface area contributed by atoms with Crippen molar-refractivity contribution in [2.45, 2.75) is 12.6 Å². The van der Waals surface area contributed by atoms with Crippen molar-refractivity contribution in [2.24, 2.45) is 0 Å². The van der Waals surface area contributed by atoms with Crippen molar-refractivity contribution >= 4 is 13.3 Å². The Morgan fingerprint density at radius 1 is 1.80 bits per heavy atom. The summed E-state index contributed by atoms with van der Waals surface area (Å²) in [5.74, 6) is 2.40. The van der Waals surface area contributed by atoms with Gasteiger partial charge in [-0.25, -0.2) is 0 Å². The van der Waals surface area contributed by atoms with Gasteiger partial charge in [0.25, 0.3) is 0 Å². The zero-order valence-corrected chi connectivity index (χ0v) is 4.50. The summed E-state index contributed by atoms with van der Waals surface area (Å²) in [5.41, 5.74) is 0.991. The van der Waals surface area contributed by atoms with Crippen LogP contribution in [0.1, 0.15) is 6.92 Å². The van der Waals surface area contributed by atoms with Crippen molar-refractivity contribution in [3.05, 3.63) is 0 Å². The van der Waals surface area contributed by atoms with Crippen LogP contribution in [0.5, 0.6) is 0 Å². The normalized spacial score (nSPS) is 40.4. The molecule has 1 heterocycles. The zero-order chi connectivity index (χ0) is 3.86. The SMILES string of the molecule is CC1C=[P+]1C. The topological polar surface area (TPSA) is 0 Å². The second-order valence-corrected chi connectivity index (χ2v) is 4.00. The summed E-state index contributed by atoms with van der Waals surface area (Å²) in [6.45, 7) is 4.58. The van der Waals surface area contributed by atoms with Crippen LogP contribution in [0.4, 0.5) is 0 Å². The standard InChI is InChI=1S/C4H8P/c1-4-3-5(4)2/h3-4H,1-2H3/q+1. The molecule has 0 saturated heterocycles. The van der Waals surface area contributed by atoms with E-state index in [1.54, 1.807) is 0 Å². The predicted molar refractivity (Wildman–Crippen MR) is 28.4 cm³/mol. The van der Waals surface area contributed by atoms with Crippen LogP contribution in [0.2, 0.25) is 0 Å². The van der Waals surface area contributed by atoms with Crippen LogP contribution in [0.3, 0.4) is 0 Å². The van der Waals surface area contributed by atoms with Gasteiger partial charge in [-0.2, -0.15) is 0 Å². The van der Waals surface area contributed by atoms with Crippen molar-refractivity contribution in [1.29, 1.82) is 0 Å². The van der Waals surface area contributed by atoms with E-state index in [2.05, 4.69) is 19.4 Å². The summed E-state index contributed by atoms with van der Waals surface area (Å²) in [7, 11) is 0.443. The number of hydrogen-bond donors (Lipinski definition) is 0. The molecule has 1 aliphatic heterocycles. The van der Waals surface area contributed by atoms with E-state index in [1.807, 2.05) is 0 Å². The maximum Gasteiger partial charge on any atom is 0.169 e. The van der Waals surface area contributed by atoms with Gasteiger partial charge in [0, 0.05) is 0 Å². The maximum atomic E-state index is 2.40. The molecule has 0 nitrogen and oxygen atoms in total. The quantitative estimate of drug-likeness (QED) is 0.391. The molecule has 0 aromatic carbocycles. The van der Waals surface area contributed by atoms with E-state index in [1.165, 1.54) is 0 Å². The highest BCUT2D eigenvalue weighted by molar-refractivity contribution is 7.68. The van der Waals surface area contributed by atoms with Crippen LogP contribution < -0.4 is 0 Å². The molecular weight excluding hydrogens is 79.0 g/mol. The van der Waals surface area contributed by atoms with Gasteiger partial charge >= 0.3 is 0 Å². The summed E-state index contributed by atoms with van der Waals surface area (Å²) in [5, 5.41) is 0. The lowest BCUT2D eigenvalue weighted by Crippen LogP contribution is -1.65. The molecule has 0 aliphatic carbocycles. The Hall–Kier alpha value is 0.170. The molecule has 0 spiro atoms. The van der Waals surface area contributed by atoms with Crippen molar-refractivity contribution in [3.8, 4) is 0 Å².